The fourth-order valence-corrected chi connectivity index (χ4v) is 9.25. The maximum atomic E-state index is 9.57. The third-order valence-corrected chi connectivity index (χ3v) is 11.8. The lowest BCUT2D eigenvalue weighted by Crippen LogP contribution is -2.02. The van der Waals surface area contributed by atoms with Gasteiger partial charge in [-0.15, -0.1) is 11.3 Å². The van der Waals surface area contributed by atoms with Gasteiger partial charge in [0.2, 0.25) is 0 Å². The van der Waals surface area contributed by atoms with E-state index in [0.29, 0.717) is 34.3 Å². The van der Waals surface area contributed by atoms with Gasteiger partial charge in [-0.2, -0.15) is 0 Å². The fraction of sp³-hybridized carbons (Fsp3) is 0. The van der Waals surface area contributed by atoms with Crippen LogP contribution < -0.4 is 0 Å². The summed E-state index contributed by atoms with van der Waals surface area (Å²) in [5.74, 6) is 1.35. The Morgan fingerprint density at radius 3 is 1.98 bits per heavy atom. The molecule has 0 bridgehead atoms. The van der Waals surface area contributed by atoms with E-state index in [4.69, 9.17) is 24.9 Å². The number of hydrogen-bond acceptors (Lipinski definition) is 5. The van der Waals surface area contributed by atoms with E-state index in [2.05, 4.69) is 34.9 Å². The molecule has 0 aliphatic heterocycles. The molecule has 12 rings (SSSR count). The van der Waals surface area contributed by atoms with Crippen molar-refractivity contribution in [1.29, 1.82) is 0 Å². The van der Waals surface area contributed by atoms with E-state index in [1.165, 1.54) is 6.07 Å². The Hall–Kier alpha value is -7.41. The molecule has 0 fully saturated rings. The lowest BCUT2D eigenvalue weighted by molar-refractivity contribution is 0.670. The van der Waals surface area contributed by atoms with Crippen LogP contribution in [0.5, 0.6) is 0 Å². The van der Waals surface area contributed by atoms with Crippen LogP contribution in [-0.4, -0.2) is 19.5 Å². The van der Waals surface area contributed by atoms with Crippen LogP contribution in [0.2, 0.25) is 0 Å². The van der Waals surface area contributed by atoms with Gasteiger partial charge in [0.1, 0.15) is 11.2 Å². The SMILES string of the molecule is [2H]c1cc([2H])c2oc3c(-c4cc(-c5nc(-c6ccccc6)nc(-c6cccc7sc8ccccc8c67)n5)ccc4-n4c5ccccc5c5ccccc54)c([2H])c([2H])c([2H])c3c2c1[2H]. The summed E-state index contributed by atoms with van der Waals surface area (Å²) >= 11 is 1.72. The van der Waals surface area contributed by atoms with Crippen molar-refractivity contribution >= 4 is 75.3 Å². The molecule has 0 spiro atoms. The Bertz CT molecular complexity index is 3840. The zero-order valence-electron chi connectivity index (χ0n) is 36.0. The first kappa shape index (κ1) is 26.4. The topological polar surface area (TPSA) is 56.7 Å². The molecule has 57 heavy (non-hydrogen) atoms. The second kappa shape index (κ2) is 12.6. The Morgan fingerprint density at radius 1 is 0.474 bits per heavy atom. The molecule has 0 radical (unpaired) electrons. The molecule has 12 aromatic rings. The van der Waals surface area contributed by atoms with Gasteiger partial charge < -0.3 is 8.98 Å². The quantitative estimate of drug-likeness (QED) is 0.176. The van der Waals surface area contributed by atoms with E-state index in [0.717, 1.165) is 53.1 Å². The molecule has 6 heteroatoms. The monoisotopic (exact) mass is 752 g/mol. The maximum Gasteiger partial charge on any atom is 0.164 e. The van der Waals surface area contributed by atoms with Crippen molar-refractivity contribution in [3.05, 3.63) is 182 Å². The molecule has 0 unspecified atom stereocenters. The highest BCUT2D eigenvalue weighted by atomic mass is 32.1. The molecule has 266 valence electrons. The minimum absolute atomic E-state index is 0.0186. The number of benzene rings is 8. The largest absolute Gasteiger partial charge is 0.455 e. The van der Waals surface area contributed by atoms with Crippen LogP contribution in [-0.2, 0) is 0 Å². The van der Waals surface area contributed by atoms with E-state index in [1.807, 2.05) is 109 Å². The molecule has 0 amide bonds. The smallest absolute Gasteiger partial charge is 0.164 e. The van der Waals surface area contributed by atoms with E-state index in [1.54, 1.807) is 11.3 Å². The third-order valence-electron chi connectivity index (χ3n) is 10.6. The zero-order chi connectivity index (χ0) is 42.7. The van der Waals surface area contributed by atoms with Crippen molar-refractivity contribution in [1.82, 2.24) is 19.5 Å². The first-order chi connectivity index (χ1) is 30.7. The molecule has 4 heterocycles. The molecule has 0 aliphatic rings. The lowest BCUT2D eigenvalue weighted by Gasteiger charge is -2.16. The summed E-state index contributed by atoms with van der Waals surface area (Å²) in [7, 11) is 0. The first-order valence-corrected chi connectivity index (χ1v) is 19.3. The van der Waals surface area contributed by atoms with Gasteiger partial charge in [0.05, 0.1) is 24.9 Å². The molecule has 5 nitrogen and oxygen atoms in total. The minimum atomic E-state index is -0.370. The molecular weight excluding hydrogens is 717 g/mol. The summed E-state index contributed by atoms with van der Waals surface area (Å²) in [5.41, 5.74) is 5.54. The summed E-state index contributed by atoms with van der Waals surface area (Å²) in [4.78, 5) is 15.4. The summed E-state index contributed by atoms with van der Waals surface area (Å²) in [6.07, 6.45) is 0. The van der Waals surface area contributed by atoms with Crippen LogP contribution in [0, 0.1) is 0 Å². The normalized spacial score (nSPS) is 13.3. The van der Waals surface area contributed by atoms with Crippen molar-refractivity contribution in [3.63, 3.8) is 0 Å². The zero-order valence-corrected chi connectivity index (χ0v) is 30.8. The summed E-state index contributed by atoms with van der Waals surface area (Å²) in [6, 6.07) is 46.0. The highest BCUT2D eigenvalue weighted by Gasteiger charge is 2.22. The van der Waals surface area contributed by atoms with E-state index < -0.39 is 0 Å². The number of aromatic nitrogens is 4. The number of nitrogens with zero attached hydrogens (tertiary/aromatic N) is 4. The Balaban J connectivity index is 1.20. The lowest BCUT2D eigenvalue weighted by atomic mass is 9.97. The second-order valence-corrected chi connectivity index (χ2v) is 15.0. The van der Waals surface area contributed by atoms with E-state index in [-0.39, 0.29) is 63.8 Å². The molecule has 8 aromatic carbocycles. The van der Waals surface area contributed by atoms with Crippen LogP contribution >= 0.6 is 11.3 Å². The van der Waals surface area contributed by atoms with E-state index >= 15 is 0 Å². The summed E-state index contributed by atoms with van der Waals surface area (Å²) in [5, 5.41) is 4.42. The Kier molecular flexibility index (Phi) is 5.82. The van der Waals surface area contributed by atoms with Crippen molar-refractivity contribution in [2.75, 3.05) is 0 Å². The third kappa shape index (κ3) is 4.98. The predicted molar refractivity (Wildman–Crippen MR) is 236 cm³/mol. The number of para-hydroxylation sites is 4. The average Bonchev–Trinajstić information content (AvgIpc) is 4.01. The number of thiophene rings is 1. The van der Waals surface area contributed by atoms with E-state index in [9.17, 15) is 2.74 Å². The number of fused-ring (bicyclic) bond motifs is 9. The van der Waals surface area contributed by atoms with Crippen molar-refractivity contribution in [3.8, 4) is 51.0 Å². The van der Waals surface area contributed by atoms with Crippen LogP contribution in [0.25, 0.3) is 115 Å². The number of hydrogen-bond donors (Lipinski definition) is 0. The Labute approximate surface area is 339 Å². The number of furan rings is 1. The van der Waals surface area contributed by atoms with Gasteiger partial charge in [-0.25, -0.2) is 15.0 Å². The van der Waals surface area contributed by atoms with Crippen molar-refractivity contribution in [2.45, 2.75) is 0 Å². The van der Waals surface area contributed by atoms with Gasteiger partial charge in [0, 0.05) is 69.5 Å². The summed E-state index contributed by atoms with van der Waals surface area (Å²) in [6.45, 7) is 0. The molecule has 0 N–H and O–H groups in total. The highest BCUT2D eigenvalue weighted by Crippen LogP contribution is 2.43. The highest BCUT2D eigenvalue weighted by molar-refractivity contribution is 7.25. The van der Waals surface area contributed by atoms with Crippen LogP contribution in [0.1, 0.15) is 8.22 Å². The van der Waals surface area contributed by atoms with Crippen molar-refractivity contribution < 1.29 is 12.6 Å². The molecule has 0 saturated heterocycles. The standard InChI is InChI=1S/C51H30N4OS/c1-2-14-31(15-3-1)49-52-50(54-51(53-49)39-22-13-27-46-47(39)38-19-7-11-26-45(38)57-46)32-28-29-43(55-41-23-8-4-16-33(41)34-17-5-9-24-42(34)55)40(30-32)37-21-12-20-36-35-18-6-10-25-44(35)56-48(36)37/h1-30H/i6D,12D,18D,20D,21D,25D. The van der Waals surface area contributed by atoms with Gasteiger partial charge in [0.15, 0.2) is 17.5 Å². The van der Waals surface area contributed by atoms with Gasteiger partial charge in [-0.3, -0.25) is 0 Å². The van der Waals surface area contributed by atoms with Gasteiger partial charge in [0.25, 0.3) is 0 Å². The number of rotatable bonds is 5. The summed E-state index contributed by atoms with van der Waals surface area (Å²) < 4.78 is 64.8. The second-order valence-electron chi connectivity index (χ2n) is 13.9. The molecule has 0 aliphatic carbocycles. The van der Waals surface area contributed by atoms with Crippen LogP contribution in [0.4, 0.5) is 0 Å². The maximum absolute atomic E-state index is 9.57. The fourth-order valence-electron chi connectivity index (χ4n) is 8.12. The van der Waals surface area contributed by atoms with Gasteiger partial charge in [-0.1, -0.05) is 133 Å². The Morgan fingerprint density at radius 2 is 1.16 bits per heavy atom. The molecule has 4 aromatic heterocycles. The minimum Gasteiger partial charge on any atom is -0.455 e. The predicted octanol–water partition coefficient (Wildman–Crippen LogP) is 13.9. The molecular formula is C51H30N4OS. The van der Waals surface area contributed by atoms with Crippen LogP contribution in [0.3, 0.4) is 0 Å². The van der Waals surface area contributed by atoms with Crippen molar-refractivity contribution in [2.24, 2.45) is 0 Å². The van der Waals surface area contributed by atoms with Gasteiger partial charge >= 0.3 is 0 Å². The molecule has 0 atom stereocenters. The molecule has 0 saturated carbocycles. The average molecular weight is 753 g/mol. The first-order valence-electron chi connectivity index (χ1n) is 21.5. The van der Waals surface area contributed by atoms with Crippen LogP contribution in [0.15, 0.2) is 186 Å². The van der Waals surface area contributed by atoms with Gasteiger partial charge in [-0.05, 0) is 48.5 Å².